The zero-order chi connectivity index (χ0) is 18.7. The lowest BCUT2D eigenvalue weighted by molar-refractivity contribution is 0.581. The third kappa shape index (κ3) is 11.6. The van der Waals surface area contributed by atoms with E-state index in [0.29, 0.717) is 13.0 Å². The van der Waals surface area contributed by atoms with Crippen LogP contribution in [-0.4, -0.2) is 59.1 Å². The van der Waals surface area contributed by atoms with Crippen molar-refractivity contribution in [1.29, 1.82) is 0 Å². The summed E-state index contributed by atoms with van der Waals surface area (Å²) in [5.74, 6) is 0.925. The minimum absolute atomic E-state index is 0. The quantitative estimate of drug-likeness (QED) is 0.226. The SMILES string of the molecule is CCNC(=NCCCN(C)c1ccccc1)NC(C)CCS(C)(=O)=O.I. The van der Waals surface area contributed by atoms with E-state index in [2.05, 4.69) is 39.7 Å². The normalized spacial score (nSPS) is 12.8. The number of anilines is 1. The number of aliphatic imine (C=N–C) groups is 1. The second kappa shape index (κ2) is 13.2. The summed E-state index contributed by atoms with van der Waals surface area (Å²) in [5, 5.41) is 6.48. The number of sulfone groups is 1. The summed E-state index contributed by atoms with van der Waals surface area (Å²) in [6.45, 7) is 6.40. The predicted octanol–water partition coefficient (Wildman–Crippen LogP) is 2.51. The molecule has 0 aromatic heterocycles. The van der Waals surface area contributed by atoms with Crippen LogP contribution in [-0.2, 0) is 9.84 Å². The van der Waals surface area contributed by atoms with Crippen LogP contribution in [0.25, 0.3) is 0 Å². The molecule has 0 heterocycles. The highest BCUT2D eigenvalue weighted by molar-refractivity contribution is 14.0. The fraction of sp³-hybridized carbons (Fsp3) is 0.611. The first-order valence-corrected chi connectivity index (χ1v) is 10.9. The van der Waals surface area contributed by atoms with E-state index in [-0.39, 0.29) is 35.8 Å². The number of hydrogen-bond acceptors (Lipinski definition) is 4. The van der Waals surface area contributed by atoms with Crippen molar-refractivity contribution in [1.82, 2.24) is 10.6 Å². The molecule has 1 unspecified atom stereocenters. The first-order valence-electron chi connectivity index (χ1n) is 8.80. The number of benzene rings is 1. The molecule has 0 bridgehead atoms. The summed E-state index contributed by atoms with van der Waals surface area (Å²) in [6.07, 6.45) is 2.78. The minimum Gasteiger partial charge on any atom is -0.375 e. The Morgan fingerprint density at radius 3 is 2.50 bits per heavy atom. The van der Waals surface area contributed by atoms with Crippen molar-refractivity contribution < 1.29 is 8.42 Å². The molecule has 0 spiro atoms. The van der Waals surface area contributed by atoms with Gasteiger partial charge in [0, 0.05) is 44.7 Å². The molecule has 0 saturated heterocycles. The average Bonchev–Trinajstić information content (AvgIpc) is 2.57. The van der Waals surface area contributed by atoms with Gasteiger partial charge in [0.15, 0.2) is 5.96 Å². The van der Waals surface area contributed by atoms with Crippen LogP contribution in [0, 0.1) is 0 Å². The van der Waals surface area contributed by atoms with Gasteiger partial charge in [-0.2, -0.15) is 0 Å². The van der Waals surface area contributed by atoms with Gasteiger partial charge >= 0.3 is 0 Å². The zero-order valence-electron chi connectivity index (χ0n) is 16.2. The zero-order valence-corrected chi connectivity index (χ0v) is 19.4. The highest BCUT2D eigenvalue weighted by Gasteiger charge is 2.09. The lowest BCUT2D eigenvalue weighted by Gasteiger charge is -2.19. The smallest absolute Gasteiger partial charge is 0.191 e. The molecule has 8 heteroatoms. The Bertz CT molecular complexity index is 623. The van der Waals surface area contributed by atoms with Crippen LogP contribution in [0.15, 0.2) is 35.3 Å². The third-order valence-electron chi connectivity index (χ3n) is 3.77. The van der Waals surface area contributed by atoms with Crippen LogP contribution in [0.3, 0.4) is 0 Å². The molecule has 0 radical (unpaired) electrons. The molecule has 0 aliphatic heterocycles. The molecule has 2 N–H and O–H groups in total. The molecule has 1 atom stereocenters. The van der Waals surface area contributed by atoms with E-state index in [9.17, 15) is 8.42 Å². The highest BCUT2D eigenvalue weighted by atomic mass is 127. The monoisotopic (exact) mass is 496 g/mol. The Balaban J connectivity index is 0.00000625. The molecule has 0 aliphatic carbocycles. The second-order valence-corrected chi connectivity index (χ2v) is 8.60. The van der Waals surface area contributed by atoms with Crippen LogP contribution in [0.5, 0.6) is 0 Å². The maximum absolute atomic E-state index is 11.3. The van der Waals surface area contributed by atoms with Gasteiger partial charge in [-0.15, -0.1) is 24.0 Å². The molecule has 0 fully saturated rings. The number of hydrogen-bond donors (Lipinski definition) is 2. The summed E-state index contributed by atoms with van der Waals surface area (Å²) in [7, 11) is -0.851. The molecule has 0 amide bonds. The topological polar surface area (TPSA) is 73.8 Å². The molecule has 150 valence electrons. The average molecular weight is 496 g/mol. The van der Waals surface area contributed by atoms with E-state index < -0.39 is 9.84 Å². The summed E-state index contributed by atoms with van der Waals surface area (Å²) >= 11 is 0. The van der Waals surface area contributed by atoms with Gasteiger partial charge in [-0.25, -0.2) is 8.42 Å². The lowest BCUT2D eigenvalue weighted by Crippen LogP contribution is -2.43. The van der Waals surface area contributed by atoms with Gasteiger partial charge in [-0.3, -0.25) is 4.99 Å². The second-order valence-electron chi connectivity index (χ2n) is 6.34. The number of para-hydroxylation sites is 1. The van der Waals surface area contributed by atoms with E-state index in [1.54, 1.807) is 0 Å². The molecule has 1 aromatic rings. The Kier molecular flexibility index (Phi) is 12.7. The van der Waals surface area contributed by atoms with Gasteiger partial charge < -0.3 is 15.5 Å². The van der Waals surface area contributed by atoms with E-state index in [0.717, 1.165) is 25.5 Å². The maximum Gasteiger partial charge on any atom is 0.191 e. The third-order valence-corrected chi connectivity index (χ3v) is 4.74. The molecule has 26 heavy (non-hydrogen) atoms. The van der Waals surface area contributed by atoms with Crippen LogP contribution >= 0.6 is 24.0 Å². The summed E-state index contributed by atoms with van der Waals surface area (Å²) < 4.78 is 22.5. The molecule has 0 saturated carbocycles. The van der Waals surface area contributed by atoms with Crippen molar-refractivity contribution in [2.45, 2.75) is 32.7 Å². The van der Waals surface area contributed by atoms with Gasteiger partial charge in [-0.05, 0) is 38.8 Å². The van der Waals surface area contributed by atoms with Crippen molar-refractivity contribution in [2.75, 3.05) is 43.6 Å². The standard InChI is InChI=1S/C18H32N4O2S.HI/c1-5-19-18(21-16(2)12-15-25(4,23)24)20-13-9-14-22(3)17-10-7-6-8-11-17;/h6-8,10-11,16H,5,9,12-15H2,1-4H3,(H2,19,20,21);1H. The lowest BCUT2D eigenvalue weighted by atomic mass is 10.2. The molecule has 0 aliphatic rings. The van der Waals surface area contributed by atoms with Gasteiger partial charge in [0.2, 0.25) is 0 Å². The van der Waals surface area contributed by atoms with Crippen molar-refractivity contribution >= 4 is 45.5 Å². The highest BCUT2D eigenvalue weighted by Crippen LogP contribution is 2.10. The van der Waals surface area contributed by atoms with Crippen LogP contribution in [0.4, 0.5) is 5.69 Å². The number of halogens is 1. The summed E-state index contributed by atoms with van der Waals surface area (Å²) in [5.41, 5.74) is 1.20. The maximum atomic E-state index is 11.3. The molecule has 1 rings (SSSR count). The first-order chi connectivity index (χ1) is 11.8. The van der Waals surface area contributed by atoms with Gasteiger partial charge in [0.1, 0.15) is 9.84 Å². The molecule has 6 nitrogen and oxygen atoms in total. The summed E-state index contributed by atoms with van der Waals surface area (Å²) in [4.78, 5) is 6.79. The number of rotatable bonds is 10. The largest absolute Gasteiger partial charge is 0.375 e. The number of nitrogens with one attached hydrogen (secondary N) is 2. The van der Waals surface area contributed by atoms with Crippen LogP contribution in [0.2, 0.25) is 0 Å². The Labute approximate surface area is 175 Å². The number of nitrogens with zero attached hydrogens (tertiary/aromatic N) is 2. The fourth-order valence-electron chi connectivity index (χ4n) is 2.33. The molecular weight excluding hydrogens is 463 g/mol. The van der Waals surface area contributed by atoms with Gasteiger partial charge in [0.05, 0.1) is 5.75 Å². The Hall–Kier alpha value is -1.03. The Morgan fingerprint density at radius 1 is 1.27 bits per heavy atom. The van der Waals surface area contributed by atoms with Gasteiger partial charge in [0.25, 0.3) is 0 Å². The van der Waals surface area contributed by atoms with Crippen molar-refractivity contribution in [3.63, 3.8) is 0 Å². The van der Waals surface area contributed by atoms with Crippen molar-refractivity contribution in [3.05, 3.63) is 30.3 Å². The van der Waals surface area contributed by atoms with Crippen molar-refractivity contribution in [3.8, 4) is 0 Å². The van der Waals surface area contributed by atoms with E-state index in [4.69, 9.17) is 0 Å². The Morgan fingerprint density at radius 2 is 1.92 bits per heavy atom. The van der Waals surface area contributed by atoms with E-state index >= 15 is 0 Å². The minimum atomic E-state index is -2.93. The van der Waals surface area contributed by atoms with E-state index in [1.807, 2.05) is 32.0 Å². The van der Waals surface area contributed by atoms with Crippen LogP contribution in [0.1, 0.15) is 26.7 Å². The van der Waals surface area contributed by atoms with Crippen molar-refractivity contribution in [2.24, 2.45) is 4.99 Å². The van der Waals surface area contributed by atoms with E-state index in [1.165, 1.54) is 11.9 Å². The first kappa shape index (κ1) is 25.0. The summed E-state index contributed by atoms with van der Waals surface area (Å²) in [6, 6.07) is 10.3. The van der Waals surface area contributed by atoms with Crippen LogP contribution < -0.4 is 15.5 Å². The van der Waals surface area contributed by atoms with Gasteiger partial charge in [-0.1, -0.05) is 18.2 Å². The molecule has 1 aromatic carbocycles. The molecular formula is C18H33IN4O2S. The predicted molar refractivity (Wildman–Crippen MR) is 123 cm³/mol. The number of guanidine groups is 1. The fourth-order valence-corrected chi connectivity index (χ4v) is 3.11.